The van der Waals surface area contributed by atoms with Crippen LogP contribution in [0.5, 0.6) is 0 Å². The zero-order valence-electron chi connectivity index (χ0n) is 12.1. The summed E-state index contributed by atoms with van der Waals surface area (Å²) in [6.45, 7) is 9.87. The molecule has 1 aliphatic heterocycles. The molecule has 0 radical (unpaired) electrons. The van der Waals surface area contributed by atoms with Crippen molar-refractivity contribution < 1.29 is 8.42 Å². The highest BCUT2D eigenvalue weighted by atomic mass is 32.2. The van der Waals surface area contributed by atoms with E-state index in [-0.39, 0.29) is 5.75 Å². The van der Waals surface area contributed by atoms with Crippen molar-refractivity contribution in [2.45, 2.75) is 59.0 Å². The van der Waals surface area contributed by atoms with Crippen LogP contribution in [0.2, 0.25) is 0 Å². The summed E-state index contributed by atoms with van der Waals surface area (Å²) in [6.07, 6.45) is 2.56. The number of nitrogens with zero attached hydrogens (tertiary/aromatic N) is 1. The summed E-state index contributed by atoms with van der Waals surface area (Å²) < 4.78 is 25.5. The van der Waals surface area contributed by atoms with Gasteiger partial charge >= 0.3 is 0 Å². The predicted octanol–water partition coefficient (Wildman–Crippen LogP) is 1.82. The monoisotopic (exact) mass is 276 g/mol. The molecule has 0 amide bonds. The van der Waals surface area contributed by atoms with Crippen LogP contribution in [0, 0.1) is 5.92 Å². The van der Waals surface area contributed by atoms with Crippen molar-refractivity contribution in [3.8, 4) is 0 Å². The van der Waals surface area contributed by atoms with Crippen molar-refractivity contribution in [3.05, 3.63) is 0 Å². The van der Waals surface area contributed by atoms with Crippen LogP contribution in [-0.2, 0) is 10.0 Å². The molecule has 4 nitrogen and oxygen atoms in total. The third-order valence-corrected chi connectivity index (χ3v) is 5.88. The molecule has 1 atom stereocenters. The molecule has 0 spiro atoms. The number of hydrogen-bond acceptors (Lipinski definition) is 3. The fraction of sp³-hybridized carbons (Fsp3) is 1.00. The smallest absolute Gasteiger partial charge is 0.214 e. The first-order valence-corrected chi connectivity index (χ1v) is 8.71. The van der Waals surface area contributed by atoms with Gasteiger partial charge in [-0.1, -0.05) is 20.8 Å². The molecular weight excluding hydrogens is 248 g/mol. The summed E-state index contributed by atoms with van der Waals surface area (Å²) in [4.78, 5) is 0. The molecule has 1 unspecified atom stereocenters. The van der Waals surface area contributed by atoms with E-state index in [9.17, 15) is 8.42 Å². The fourth-order valence-corrected chi connectivity index (χ4v) is 3.79. The van der Waals surface area contributed by atoms with Crippen LogP contribution >= 0.6 is 0 Å². The Labute approximate surface area is 112 Å². The zero-order chi connectivity index (χ0) is 13.8. The average molecular weight is 276 g/mol. The number of rotatable bonds is 6. The standard InChI is InChI=1S/C13H28N2O2S/c1-5-10-18(16,17)15-8-6-13(7-9-15)14-12(4)11(2)3/h11-14H,5-10H2,1-4H3. The Kier molecular flexibility index (Phi) is 6.08. The fourth-order valence-electron chi connectivity index (χ4n) is 2.25. The normalized spacial score (nSPS) is 21.4. The number of hydrogen-bond donors (Lipinski definition) is 1. The summed E-state index contributed by atoms with van der Waals surface area (Å²) in [6, 6.07) is 0.962. The first-order chi connectivity index (χ1) is 8.36. The third-order valence-electron chi connectivity index (χ3n) is 3.81. The second kappa shape index (κ2) is 6.87. The molecule has 1 aliphatic rings. The first-order valence-electron chi connectivity index (χ1n) is 7.10. The van der Waals surface area contributed by atoms with Crippen LogP contribution in [0.3, 0.4) is 0 Å². The minimum absolute atomic E-state index is 0.285. The van der Waals surface area contributed by atoms with Gasteiger partial charge < -0.3 is 5.32 Å². The van der Waals surface area contributed by atoms with Gasteiger partial charge in [-0.3, -0.25) is 0 Å². The summed E-state index contributed by atoms with van der Waals surface area (Å²) in [7, 11) is -3.00. The van der Waals surface area contributed by atoms with Crippen LogP contribution < -0.4 is 5.32 Å². The Balaban J connectivity index is 2.42. The molecule has 1 rings (SSSR count). The Morgan fingerprint density at radius 2 is 1.78 bits per heavy atom. The molecule has 1 heterocycles. The third kappa shape index (κ3) is 4.52. The number of nitrogens with one attached hydrogen (secondary N) is 1. The molecule has 5 heteroatoms. The van der Waals surface area contributed by atoms with Crippen LogP contribution in [0.1, 0.15) is 47.0 Å². The van der Waals surface area contributed by atoms with Gasteiger partial charge in [0, 0.05) is 25.2 Å². The van der Waals surface area contributed by atoms with Gasteiger partial charge in [0.05, 0.1) is 5.75 Å². The maximum atomic E-state index is 11.9. The van der Waals surface area contributed by atoms with E-state index in [0.717, 1.165) is 12.8 Å². The van der Waals surface area contributed by atoms with Gasteiger partial charge in [0.1, 0.15) is 0 Å². The van der Waals surface area contributed by atoms with Crippen LogP contribution in [0.15, 0.2) is 0 Å². The molecule has 1 N–H and O–H groups in total. The van der Waals surface area contributed by atoms with Gasteiger partial charge in [-0.05, 0) is 32.1 Å². The van der Waals surface area contributed by atoms with Crippen LogP contribution in [0.4, 0.5) is 0 Å². The summed E-state index contributed by atoms with van der Waals surface area (Å²) in [5.41, 5.74) is 0. The van der Waals surface area contributed by atoms with Gasteiger partial charge in [-0.2, -0.15) is 0 Å². The maximum Gasteiger partial charge on any atom is 0.214 e. The van der Waals surface area contributed by atoms with E-state index >= 15 is 0 Å². The van der Waals surface area contributed by atoms with Crippen molar-refractivity contribution in [1.29, 1.82) is 0 Å². The Hall–Kier alpha value is -0.130. The summed E-state index contributed by atoms with van der Waals surface area (Å²) in [5, 5.41) is 3.60. The first kappa shape index (κ1) is 15.9. The minimum atomic E-state index is -3.00. The number of sulfonamides is 1. The SMILES string of the molecule is CCCS(=O)(=O)N1CCC(NC(C)C(C)C)CC1. The molecular formula is C13H28N2O2S. The zero-order valence-corrected chi connectivity index (χ0v) is 13.0. The highest BCUT2D eigenvalue weighted by Crippen LogP contribution is 2.16. The van der Waals surface area contributed by atoms with Gasteiger partial charge in [-0.25, -0.2) is 12.7 Å². The molecule has 0 bridgehead atoms. The van der Waals surface area contributed by atoms with Crippen molar-refractivity contribution in [2.75, 3.05) is 18.8 Å². The van der Waals surface area contributed by atoms with E-state index < -0.39 is 10.0 Å². The van der Waals surface area contributed by atoms with E-state index in [1.807, 2.05) is 6.92 Å². The second-order valence-electron chi connectivity index (χ2n) is 5.69. The van der Waals surface area contributed by atoms with E-state index in [1.165, 1.54) is 0 Å². The van der Waals surface area contributed by atoms with Crippen LogP contribution in [-0.4, -0.2) is 43.6 Å². The summed E-state index contributed by atoms with van der Waals surface area (Å²) in [5.74, 6) is 0.903. The largest absolute Gasteiger partial charge is 0.311 e. The lowest BCUT2D eigenvalue weighted by atomic mass is 10.0. The highest BCUT2D eigenvalue weighted by molar-refractivity contribution is 7.89. The molecule has 0 aromatic rings. The van der Waals surface area contributed by atoms with Gasteiger partial charge in [0.15, 0.2) is 0 Å². The van der Waals surface area contributed by atoms with Crippen molar-refractivity contribution in [2.24, 2.45) is 5.92 Å². The Morgan fingerprint density at radius 1 is 1.22 bits per heavy atom. The summed E-state index contributed by atoms with van der Waals surface area (Å²) >= 11 is 0. The molecule has 0 aromatic heterocycles. The van der Waals surface area contributed by atoms with E-state index in [4.69, 9.17) is 0 Å². The topological polar surface area (TPSA) is 49.4 Å². The van der Waals surface area contributed by atoms with E-state index in [2.05, 4.69) is 26.1 Å². The molecule has 1 saturated heterocycles. The van der Waals surface area contributed by atoms with Crippen molar-refractivity contribution in [3.63, 3.8) is 0 Å². The van der Waals surface area contributed by atoms with Gasteiger partial charge in [0.2, 0.25) is 10.0 Å². The molecule has 18 heavy (non-hydrogen) atoms. The molecule has 1 fully saturated rings. The van der Waals surface area contributed by atoms with Crippen LogP contribution in [0.25, 0.3) is 0 Å². The lowest BCUT2D eigenvalue weighted by molar-refractivity contribution is 0.261. The second-order valence-corrected chi connectivity index (χ2v) is 7.78. The quantitative estimate of drug-likeness (QED) is 0.805. The Morgan fingerprint density at radius 3 is 2.22 bits per heavy atom. The van der Waals surface area contributed by atoms with Gasteiger partial charge in [-0.15, -0.1) is 0 Å². The van der Waals surface area contributed by atoms with E-state index in [1.54, 1.807) is 4.31 Å². The van der Waals surface area contributed by atoms with Gasteiger partial charge in [0.25, 0.3) is 0 Å². The number of piperidine rings is 1. The Bertz CT molecular complexity index is 333. The van der Waals surface area contributed by atoms with Crippen molar-refractivity contribution in [1.82, 2.24) is 9.62 Å². The lowest BCUT2D eigenvalue weighted by Gasteiger charge is -2.34. The molecule has 0 aromatic carbocycles. The lowest BCUT2D eigenvalue weighted by Crippen LogP contribution is -2.48. The van der Waals surface area contributed by atoms with Crippen molar-refractivity contribution >= 4 is 10.0 Å². The average Bonchev–Trinajstić information content (AvgIpc) is 2.29. The predicted molar refractivity (Wildman–Crippen MR) is 76.1 cm³/mol. The molecule has 108 valence electrons. The maximum absolute atomic E-state index is 11.9. The highest BCUT2D eigenvalue weighted by Gasteiger charge is 2.27. The van der Waals surface area contributed by atoms with E-state index in [0.29, 0.717) is 37.5 Å². The minimum Gasteiger partial charge on any atom is -0.311 e. The molecule has 0 saturated carbocycles. The molecule has 0 aliphatic carbocycles.